The zero-order valence-electron chi connectivity index (χ0n) is 8.29. The van der Waals surface area contributed by atoms with Crippen LogP contribution in [0.3, 0.4) is 0 Å². The van der Waals surface area contributed by atoms with Crippen LogP contribution in [0.5, 0.6) is 0 Å². The van der Waals surface area contributed by atoms with Gasteiger partial charge in [0.2, 0.25) is 5.91 Å². The number of nitrogens with zero attached hydrogens (tertiary/aromatic N) is 1. The van der Waals surface area contributed by atoms with Gasteiger partial charge in [0.05, 0.1) is 6.10 Å². The lowest BCUT2D eigenvalue weighted by atomic mass is 10.2. The van der Waals surface area contributed by atoms with E-state index in [1.54, 1.807) is 18.9 Å². The Morgan fingerprint density at radius 3 is 2.62 bits per heavy atom. The fraction of sp³-hybridized carbons (Fsp3) is 0.889. The van der Waals surface area contributed by atoms with Crippen molar-refractivity contribution in [1.29, 1.82) is 0 Å². The Hall–Kier alpha value is -0.280. The first-order chi connectivity index (χ1) is 6.07. The second kappa shape index (κ2) is 7.15. The van der Waals surface area contributed by atoms with Gasteiger partial charge in [0.25, 0.3) is 0 Å². The molecule has 1 N–H and O–H groups in total. The van der Waals surface area contributed by atoms with Crippen LogP contribution in [0.4, 0.5) is 0 Å². The first-order valence-corrected chi connectivity index (χ1v) is 5.09. The van der Waals surface area contributed by atoms with Crippen molar-refractivity contribution in [2.24, 2.45) is 0 Å². The highest BCUT2D eigenvalue weighted by Crippen LogP contribution is 2.01. The van der Waals surface area contributed by atoms with E-state index in [2.05, 4.69) is 0 Å². The number of amides is 1. The highest BCUT2D eigenvalue weighted by Gasteiger charge is 2.09. The van der Waals surface area contributed by atoms with E-state index in [0.717, 1.165) is 12.8 Å². The minimum atomic E-state index is -0.457. The lowest BCUT2D eigenvalue weighted by Crippen LogP contribution is -2.32. The van der Waals surface area contributed by atoms with Gasteiger partial charge in [-0.1, -0.05) is 0 Å². The summed E-state index contributed by atoms with van der Waals surface area (Å²) >= 11 is 5.48. The molecule has 1 unspecified atom stereocenters. The molecular formula is C9H18ClNO2. The fourth-order valence-corrected chi connectivity index (χ4v) is 1.25. The summed E-state index contributed by atoms with van der Waals surface area (Å²) in [6.45, 7) is 2.07. The number of unbranched alkanes of at least 4 members (excludes halogenated alkanes) is 1. The molecule has 13 heavy (non-hydrogen) atoms. The average Bonchev–Trinajstić information content (AvgIpc) is 2.03. The van der Waals surface area contributed by atoms with Gasteiger partial charge in [-0.25, -0.2) is 0 Å². The Balaban J connectivity index is 3.57. The van der Waals surface area contributed by atoms with Crippen LogP contribution in [0, 0.1) is 0 Å². The molecule has 0 spiro atoms. The van der Waals surface area contributed by atoms with Crippen molar-refractivity contribution in [3.05, 3.63) is 0 Å². The fourth-order valence-electron chi connectivity index (χ4n) is 1.06. The number of halogens is 1. The van der Waals surface area contributed by atoms with E-state index in [4.69, 9.17) is 16.7 Å². The van der Waals surface area contributed by atoms with Gasteiger partial charge in [-0.05, 0) is 19.8 Å². The quantitative estimate of drug-likeness (QED) is 0.526. The van der Waals surface area contributed by atoms with Crippen molar-refractivity contribution < 1.29 is 9.90 Å². The van der Waals surface area contributed by atoms with Crippen LogP contribution >= 0.6 is 11.6 Å². The number of alkyl halides is 1. The van der Waals surface area contributed by atoms with Gasteiger partial charge in [-0.2, -0.15) is 0 Å². The molecule has 0 rings (SSSR count). The summed E-state index contributed by atoms with van der Waals surface area (Å²) in [6, 6.07) is 0. The number of likely N-dealkylation sites (N-methyl/N-ethyl adjacent to an activating group) is 1. The maximum atomic E-state index is 11.3. The highest BCUT2D eigenvalue weighted by atomic mass is 35.5. The van der Waals surface area contributed by atoms with Crippen molar-refractivity contribution >= 4 is 17.5 Å². The standard InChI is InChI=1S/C9H18ClNO2/c1-8(12)7-11(2)9(13)5-3-4-6-10/h8,12H,3-7H2,1-2H3. The summed E-state index contributed by atoms with van der Waals surface area (Å²) in [5, 5.41) is 9.03. The van der Waals surface area contributed by atoms with Gasteiger partial charge in [0.15, 0.2) is 0 Å². The molecule has 0 aromatic rings. The Kier molecular flexibility index (Phi) is 7.00. The molecule has 1 atom stereocenters. The maximum absolute atomic E-state index is 11.3. The van der Waals surface area contributed by atoms with Crippen LogP contribution in [0.25, 0.3) is 0 Å². The topological polar surface area (TPSA) is 40.5 Å². The third kappa shape index (κ3) is 6.84. The molecule has 78 valence electrons. The molecule has 0 bridgehead atoms. The summed E-state index contributed by atoms with van der Waals surface area (Å²) in [5.41, 5.74) is 0. The van der Waals surface area contributed by atoms with Crippen molar-refractivity contribution in [1.82, 2.24) is 4.90 Å². The average molecular weight is 208 g/mol. The number of aliphatic hydroxyl groups is 1. The van der Waals surface area contributed by atoms with E-state index < -0.39 is 6.10 Å². The second-order valence-electron chi connectivity index (χ2n) is 3.27. The minimum absolute atomic E-state index is 0.0750. The minimum Gasteiger partial charge on any atom is -0.392 e. The predicted molar refractivity (Wildman–Crippen MR) is 53.9 cm³/mol. The number of carbonyl (C=O) groups excluding carboxylic acids is 1. The molecule has 0 heterocycles. The van der Waals surface area contributed by atoms with Crippen LogP contribution in [0.1, 0.15) is 26.2 Å². The molecule has 0 aliphatic carbocycles. The maximum Gasteiger partial charge on any atom is 0.222 e. The highest BCUT2D eigenvalue weighted by molar-refractivity contribution is 6.17. The van der Waals surface area contributed by atoms with E-state index in [1.165, 1.54) is 0 Å². The molecule has 0 saturated heterocycles. The lowest BCUT2D eigenvalue weighted by Gasteiger charge is -2.18. The molecule has 0 aromatic carbocycles. The summed E-state index contributed by atoms with van der Waals surface area (Å²) in [7, 11) is 1.70. The molecule has 0 aromatic heterocycles. The molecule has 1 amide bonds. The van der Waals surface area contributed by atoms with Crippen molar-refractivity contribution in [3.63, 3.8) is 0 Å². The molecule has 0 saturated carbocycles. The molecule has 4 heteroatoms. The predicted octanol–water partition coefficient (Wildman–Crippen LogP) is 1.23. The van der Waals surface area contributed by atoms with Gasteiger partial charge < -0.3 is 10.0 Å². The Bertz CT molecular complexity index is 151. The molecule has 0 aliphatic rings. The number of aliphatic hydroxyl groups excluding tert-OH is 1. The van der Waals surface area contributed by atoms with Gasteiger partial charge >= 0.3 is 0 Å². The van der Waals surface area contributed by atoms with Crippen molar-refractivity contribution in [3.8, 4) is 0 Å². The third-order valence-electron chi connectivity index (χ3n) is 1.74. The number of hydrogen-bond donors (Lipinski definition) is 1. The zero-order valence-corrected chi connectivity index (χ0v) is 9.05. The summed E-state index contributed by atoms with van der Waals surface area (Å²) in [5.74, 6) is 0.680. The third-order valence-corrected chi connectivity index (χ3v) is 2.01. The van der Waals surface area contributed by atoms with E-state index in [-0.39, 0.29) is 5.91 Å². The van der Waals surface area contributed by atoms with Gasteiger partial charge in [-0.15, -0.1) is 11.6 Å². The number of hydrogen-bond acceptors (Lipinski definition) is 2. The van der Waals surface area contributed by atoms with Gasteiger partial charge in [0, 0.05) is 25.9 Å². The van der Waals surface area contributed by atoms with Crippen LogP contribution in [0.2, 0.25) is 0 Å². The van der Waals surface area contributed by atoms with Crippen molar-refractivity contribution in [2.75, 3.05) is 19.5 Å². The summed E-state index contributed by atoms with van der Waals surface area (Å²) in [6.07, 6.45) is 1.76. The second-order valence-corrected chi connectivity index (χ2v) is 3.65. The SMILES string of the molecule is CC(O)CN(C)C(=O)CCCCCl. The monoisotopic (exact) mass is 207 g/mol. The molecule has 0 radical (unpaired) electrons. The van der Waals surface area contributed by atoms with Crippen LogP contribution in [0.15, 0.2) is 0 Å². The van der Waals surface area contributed by atoms with Crippen LogP contribution in [-0.4, -0.2) is 41.5 Å². The Labute approximate surface area is 84.7 Å². The Morgan fingerprint density at radius 1 is 1.54 bits per heavy atom. The Morgan fingerprint density at radius 2 is 2.15 bits per heavy atom. The van der Waals surface area contributed by atoms with E-state index in [9.17, 15) is 4.79 Å². The summed E-state index contributed by atoms with van der Waals surface area (Å²) < 4.78 is 0. The van der Waals surface area contributed by atoms with Crippen molar-refractivity contribution in [2.45, 2.75) is 32.3 Å². The lowest BCUT2D eigenvalue weighted by molar-refractivity contribution is -0.131. The van der Waals surface area contributed by atoms with E-state index in [0.29, 0.717) is 18.8 Å². The molecule has 3 nitrogen and oxygen atoms in total. The van der Waals surface area contributed by atoms with Gasteiger partial charge in [-0.3, -0.25) is 4.79 Å². The molecule has 0 fully saturated rings. The largest absolute Gasteiger partial charge is 0.392 e. The van der Waals surface area contributed by atoms with E-state index >= 15 is 0 Å². The number of rotatable bonds is 6. The van der Waals surface area contributed by atoms with E-state index in [1.807, 2.05) is 0 Å². The van der Waals surface area contributed by atoms with Gasteiger partial charge in [0.1, 0.15) is 0 Å². The normalized spacial score (nSPS) is 12.6. The molecular weight excluding hydrogens is 190 g/mol. The summed E-state index contributed by atoms with van der Waals surface area (Å²) in [4.78, 5) is 12.9. The van der Waals surface area contributed by atoms with Crippen LogP contribution in [-0.2, 0) is 4.79 Å². The first kappa shape index (κ1) is 12.7. The smallest absolute Gasteiger partial charge is 0.222 e. The first-order valence-electron chi connectivity index (χ1n) is 4.56. The molecule has 0 aliphatic heterocycles. The number of carbonyl (C=O) groups is 1. The zero-order chi connectivity index (χ0) is 10.3. The van der Waals surface area contributed by atoms with Crippen LogP contribution < -0.4 is 0 Å².